The van der Waals surface area contributed by atoms with Gasteiger partial charge in [-0.25, -0.2) is 9.97 Å². The van der Waals surface area contributed by atoms with E-state index in [1.54, 1.807) is 0 Å². The third-order valence-electron chi connectivity index (χ3n) is 9.98. The average molecular weight is 620 g/mol. The summed E-state index contributed by atoms with van der Waals surface area (Å²) < 4.78 is 4.92. The van der Waals surface area contributed by atoms with E-state index in [4.69, 9.17) is 9.97 Å². The molecule has 3 heterocycles. The molecule has 3 aromatic heterocycles. The minimum Gasteiger partial charge on any atom is -0.276 e. The minimum absolute atomic E-state index is 0.196. The Morgan fingerprint density at radius 3 is 1.91 bits per heavy atom. The highest BCUT2D eigenvalue weighted by Gasteiger charge is 2.40. The van der Waals surface area contributed by atoms with Gasteiger partial charge in [-0.3, -0.25) is 4.57 Å². The fourth-order valence-electron chi connectivity index (χ4n) is 7.95. The van der Waals surface area contributed by atoms with E-state index in [1.165, 1.54) is 58.7 Å². The molecule has 9 aromatic rings. The molecule has 10 rings (SSSR count). The smallest absolute Gasteiger partial charge is 0.235 e. The van der Waals surface area contributed by atoms with Crippen LogP contribution in [0.5, 0.6) is 0 Å². The minimum atomic E-state index is -0.196. The second kappa shape index (κ2) is 9.71. The van der Waals surface area contributed by atoms with Crippen molar-refractivity contribution in [3.05, 3.63) is 151 Å². The highest BCUT2D eigenvalue weighted by Crippen LogP contribution is 2.58. The molecule has 47 heavy (non-hydrogen) atoms. The Morgan fingerprint density at radius 1 is 0.596 bits per heavy atom. The zero-order valence-electron chi connectivity index (χ0n) is 26.0. The van der Waals surface area contributed by atoms with E-state index in [1.807, 2.05) is 11.3 Å². The highest BCUT2D eigenvalue weighted by atomic mass is 32.1. The van der Waals surface area contributed by atoms with Gasteiger partial charge in [0.05, 0.1) is 27.1 Å². The van der Waals surface area contributed by atoms with Crippen molar-refractivity contribution in [3.63, 3.8) is 0 Å². The summed E-state index contributed by atoms with van der Waals surface area (Å²) in [6.45, 7) is 4.79. The van der Waals surface area contributed by atoms with E-state index in [0.717, 1.165) is 28.0 Å². The van der Waals surface area contributed by atoms with Crippen molar-refractivity contribution in [2.24, 2.45) is 0 Å². The van der Waals surface area contributed by atoms with Crippen LogP contribution in [0, 0.1) is 0 Å². The Bertz CT molecular complexity index is 2640. The van der Waals surface area contributed by atoms with E-state index >= 15 is 0 Å². The van der Waals surface area contributed by atoms with E-state index in [9.17, 15) is 0 Å². The molecule has 0 spiro atoms. The summed E-state index contributed by atoms with van der Waals surface area (Å²) >= 11 is 1.88. The Hall–Kier alpha value is -5.58. The number of rotatable bonds is 3. The summed E-state index contributed by atoms with van der Waals surface area (Å²) in [5.41, 5.74) is 11.5. The number of benzene rings is 6. The summed E-state index contributed by atoms with van der Waals surface area (Å²) in [4.78, 5) is 10.7. The van der Waals surface area contributed by atoms with E-state index in [-0.39, 0.29) is 5.41 Å². The van der Waals surface area contributed by atoms with Crippen molar-refractivity contribution in [2.75, 3.05) is 0 Å². The van der Waals surface area contributed by atoms with Crippen molar-refractivity contribution in [3.8, 4) is 39.6 Å². The van der Waals surface area contributed by atoms with Gasteiger partial charge in [0.15, 0.2) is 0 Å². The number of para-hydroxylation sites is 1. The second-order valence-corrected chi connectivity index (χ2v) is 14.0. The first kappa shape index (κ1) is 26.6. The van der Waals surface area contributed by atoms with Crippen LogP contribution in [-0.2, 0) is 5.41 Å². The second-order valence-electron chi connectivity index (χ2n) is 13.0. The molecular weight excluding hydrogens is 591 g/mol. The number of hydrogen-bond donors (Lipinski definition) is 0. The molecule has 222 valence electrons. The van der Waals surface area contributed by atoms with Gasteiger partial charge in [0.1, 0.15) is 0 Å². The van der Waals surface area contributed by atoms with Crippen molar-refractivity contribution in [1.29, 1.82) is 0 Å². The van der Waals surface area contributed by atoms with Crippen LogP contribution in [0.4, 0.5) is 0 Å². The molecule has 0 saturated carbocycles. The zero-order chi connectivity index (χ0) is 31.3. The fourth-order valence-corrected chi connectivity index (χ4v) is 9.20. The molecule has 6 aromatic carbocycles. The first-order valence-electron chi connectivity index (χ1n) is 16.1. The van der Waals surface area contributed by atoms with Crippen LogP contribution in [0.3, 0.4) is 0 Å². The number of fused-ring (bicyclic) bond motifs is 12. The lowest BCUT2D eigenvalue weighted by atomic mass is 9.80. The van der Waals surface area contributed by atoms with Gasteiger partial charge in [-0.2, -0.15) is 0 Å². The Kier molecular flexibility index (Phi) is 5.50. The third kappa shape index (κ3) is 3.67. The Balaban J connectivity index is 1.43. The van der Waals surface area contributed by atoms with Crippen LogP contribution in [0.15, 0.2) is 140 Å². The van der Waals surface area contributed by atoms with Crippen LogP contribution in [0.2, 0.25) is 0 Å². The average Bonchev–Trinajstić information content (AvgIpc) is 3.75. The normalized spacial score (nSPS) is 13.5. The number of thiophene rings is 1. The molecule has 3 nitrogen and oxygen atoms in total. The van der Waals surface area contributed by atoms with Gasteiger partial charge < -0.3 is 0 Å². The standard InChI is InChI=1S/C43H29N3S/c1-43(2)31-22-12-9-19-28(31)36-37-30-21-11-14-24-35(30)47-41(37)40-38(39(36)43)29-20-10-13-23-34(29)46(40)42-44-32(26-15-5-3-6-16-26)25-33(45-42)27-17-7-4-8-18-27/h3-25H,1-2H3. The van der Waals surface area contributed by atoms with Crippen molar-refractivity contribution < 1.29 is 0 Å². The van der Waals surface area contributed by atoms with Crippen LogP contribution in [0.1, 0.15) is 25.0 Å². The highest BCUT2D eigenvalue weighted by molar-refractivity contribution is 7.26. The van der Waals surface area contributed by atoms with Gasteiger partial charge in [0.2, 0.25) is 5.95 Å². The zero-order valence-corrected chi connectivity index (χ0v) is 26.8. The number of hydrogen-bond acceptors (Lipinski definition) is 3. The molecule has 0 aliphatic heterocycles. The predicted octanol–water partition coefficient (Wildman–Crippen LogP) is 11.6. The lowest BCUT2D eigenvalue weighted by molar-refractivity contribution is 0.667. The first-order valence-corrected chi connectivity index (χ1v) is 16.9. The Labute approximate surface area is 276 Å². The van der Waals surface area contributed by atoms with Gasteiger partial charge in [-0.1, -0.05) is 135 Å². The third-order valence-corrected chi connectivity index (χ3v) is 11.2. The van der Waals surface area contributed by atoms with Crippen molar-refractivity contribution in [2.45, 2.75) is 19.3 Å². The molecule has 0 N–H and O–H groups in total. The number of aromatic nitrogens is 3. The summed E-state index contributed by atoms with van der Waals surface area (Å²) in [6, 6.07) is 49.7. The van der Waals surface area contributed by atoms with Gasteiger partial charge in [0, 0.05) is 42.8 Å². The van der Waals surface area contributed by atoms with Gasteiger partial charge in [-0.15, -0.1) is 11.3 Å². The molecule has 0 saturated heterocycles. The monoisotopic (exact) mass is 619 g/mol. The molecule has 0 atom stereocenters. The number of nitrogens with zero attached hydrogens (tertiary/aromatic N) is 3. The maximum absolute atomic E-state index is 5.36. The lowest BCUT2D eigenvalue weighted by Crippen LogP contribution is -2.15. The van der Waals surface area contributed by atoms with Crippen LogP contribution < -0.4 is 0 Å². The molecule has 0 unspecified atom stereocenters. The summed E-state index contributed by atoms with van der Waals surface area (Å²) in [5, 5.41) is 5.16. The largest absolute Gasteiger partial charge is 0.276 e. The quantitative estimate of drug-likeness (QED) is 0.197. The molecule has 0 amide bonds. The molecule has 4 heteroatoms. The molecule has 0 radical (unpaired) electrons. The molecule has 1 aliphatic rings. The summed E-state index contributed by atoms with van der Waals surface area (Å²) in [5.74, 6) is 0.684. The predicted molar refractivity (Wildman–Crippen MR) is 198 cm³/mol. The molecule has 0 fully saturated rings. The van der Waals surface area contributed by atoms with Gasteiger partial charge in [-0.05, 0) is 40.5 Å². The fraction of sp³-hybridized carbons (Fsp3) is 0.0698. The lowest BCUT2D eigenvalue weighted by Gasteiger charge is -2.23. The first-order chi connectivity index (χ1) is 23.1. The van der Waals surface area contributed by atoms with Gasteiger partial charge in [0.25, 0.3) is 0 Å². The molecule has 0 bridgehead atoms. The molecular formula is C43H29N3S. The maximum atomic E-state index is 5.36. The van der Waals surface area contributed by atoms with Crippen LogP contribution >= 0.6 is 11.3 Å². The van der Waals surface area contributed by atoms with Crippen LogP contribution in [-0.4, -0.2) is 14.5 Å². The summed E-state index contributed by atoms with van der Waals surface area (Å²) in [7, 11) is 0. The molecule has 1 aliphatic carbocycles. The Morgan fingerprint density at radius 2 is 1.19 bits per heavy atom. The van der Waals surface area contributed by atoms with Crippen LogP contribution in [0.25, 0.3) is 81.6 Å². The summed E-state index contributed by atoms with van der Waals surface area (Å²) in [6.07, 6.45) is 0. The van der Waals surface area contributed by atoms with Crippen molar-refractivity contribution in [1.82, 2.24) is 14.5 Å². The van der Waals surface area contributed by atoms with E-state index in [0.29, 0.717) is 5.95 Å². The van der Waals surface area contributed by atoms with Gasteiger partial charge >= 0.3 is 0 Å². The van der Waals surface area contributed by atoms with Crippen molar-refractivity contribution >= 4 is 53.3 Å². The van der Waals surface area contributed by atoms with E-state index < -0.39 is 0 Å². The maximum Gasteiger partial charge on any atom is 0.235 e. The topological polar surface area (TPSA) is 30.7 Å². The van der Waals surface area contributed by atoms with E-state index in [2.05, 4.69) is 158 Å². The SMILES string of the molecule is CC1(C)c2ccccc2-c2c1c1c3ccccc3n(-c3nc(-c4ccccc4)cc(-c4ccccc4)n3)c1c1sc3ccccc3c21.